The van der Waals surface area contributed by atoms with Crippen LogP contribution in [0.2, 0.25) is 0 Å². The number of phenols is 1. The van der Waals surface area contributed by atoms with Crippen molar-refractivity contribution in [2.75, 3.05) is 11.9 Å². The van der Waals surface area contributed by atoms with Gasteiger partial charge >= 0.3 is 0 Å². The number of nitrogens with one attached hydrogen (secondary N) is 1. The molecule has 1 saturated heterocycles. The molecule has 1 amide bonds. The van der Waals surface area contributed by atoms with Crippen molar-refractivity contribution in [3.63, 3.8) is 0 Å². The number of allylic oxidation sites excluding steroid dienone is 1. The number of aromatic hydroxyl groups is 1. The Morgan fingerprint density at radius 2 is 2.00 bits per heavy atom. The highest BCUT2D eigenvalue weighted by Gasteiger charge is 2.42. The van der Waals surface area contributed by atoms with Crippen molar-refractivity contribution in [1.29, 1.82) is 0 Å². The minimum absolute atomic E-state index is 0.0634. The van der Waals surface area contributed by atoms with Crippen LogP contribution in [0.15, 0.2) is 60.0 Å². The summed E-state index contributed by atoms with van der Waals surface area (Å²) in [5.41, 5.74) is 2.41. The van der Waals surface area contributed by atoms with E-state index in [4.69, 9.17) is 4.74 Å². The number of amides is 1. The minimum Gasteiger partial charge on any atom is -0.504 e. The van der Waals surface area contributed by atoms with Crippen LogP contribution in [0.4, 0.5) is 5.69 Å². The molecule has 0 aromatic heterocycles. The van der Waals surface area contributed by atoms with Crippen LogP contribution in [-0.2, 0) is 11.2 Å². The van der Waals surface area contributed by atoms with Gasteiger partial charge in [0.25, 0.3) is 5.91 Å². The molecule has 180 valence electrons. The van der Waals surface area contributed by atoms with E-state index in [0.717, 1.165) is 36.1 Å². The van der Waals surface area contributed by atoms with Crippen molar-refractivity contribution >= 4 is 29.4 Å². The molecule has 5 nitrogen and oxygen atoms in total. The first-order chi connectivity index (χ1) is 16.5. The number of hydrogen-bond acceptors (Lipinski definition) is 5. The molecule has 0 radical (unpaired) electrons. The Balaban J connectivity index is 1.69. The Hall–Kier alpha value is -2.86. The zero-order valence-electron chi connectivity index (χ0n) is 20.0. The van der Waals surface area contributed by atoms with Crippen molar-refractivity contribution in [2.24, 2.45) is 5.92 Å². The van der Waals surface area contributed by atoms with E-state index in [1.165, 1.54) is 6.42 Å². The van der Waals surface area contributed by atoms with Gasteiger partial charge in [-0.05, 0) is 68.0 Å². The summed E-state index contributed by atoms with van der Waals surface area (Å²) in [4.78, 5) is 16.5. The first-order valence-corrected chi connectivity index (χ1v) is 13.0. The van der Waals surface area contributed by atoms with Gasteiger partial charge in [0.2, 0.25) is 0 Å². The maximum atomic E-state index is 13.7. The van der Waals surface area contributed by atoms with E-state index < -0.39 is 0 Å². The number of benzene rings is 2. The first-order valence-electron chi connectivity index (χ1n) is 12.1. The van der Waals surface area contributed by atoms with Crippen molar-refractivity contribution in [2.45, 2.75) is 57.5 Å². The number of rotatable bonds is 8. The number of phenolic OH excluding ortho intramolecular Hbond substituents is 1. The Kier molecular flexibility index (Phi) is 7.88. The second-order valence-electron chi connectivity index (χ2n) is 8.98. The first kappa shape index (κ1) is 24.3. The third-order valence-electron chi connectivity index (χ3n) is 6.56. The van der Waals surface area contributed by atoms with Gasteiger partial charge in [0.15, 0.2) is 17.0 Å². The molecule has 2 aliphatic rings. The van der Waals surface area contributed by atoms with Crippen LogP contribution in [0.25, 0.3) is 6.08 Å². The molecule has 1 saturated carbocycles. The Bertz CT molecular complexity index is 1050. The second-order valence-corrected chi connectivity index (χ2v) is 10.1. The zero-order chi connectivity index (χ0) is 24.1. The third-order valence-corrected chi connectivity index (χ3v) is 7.68. The van der Waals surface area contributed by atoms with E-state index in [-0.39, 0.29) is 23.2 Å². The van der Waals surface area contributed by atoms with Crippen LogP contribution in [-0.4, -0.2) is 34.1 Å². The van der Waals surface area contributed by atoms with Gasteiger partial charge < -0.3 is 20.1 Å². The second kappa shape index (κ2) is 11.0. The quantitative estimate of drug-likeness (QED) is 0.339. The van der Waals surface area contributed by atoms with Crippen molar-refractivity contribution in [1.82, 2.24) is 4.90 Å². The van der Waals surface area contributed by atoms with Crippen LogP contribution in [0, 0.1) is 5.92 Å². The monoisotopic (exact) mass is 478 g/mol. The van der Waals surface area contributed by atoms with Gasteiger partial charge in [0.05, 0.1) is 11.5 Å². The highest BCUT2D eigenvalue weighted by atomic mass is 32.2. The lowest BCUT2D eigenvalue weighted by Gasteiger charge is -2.39. The van der Waals surface area contributed by atoms with Crippen molar-refractivity contribution in [3.05, 3.63) is 71.2 Å². The Labute approximate surface area is 206 Å². The lowest BCUT2D eigenvalue weighted by molar-refractivity contribution is -0.129. The van der Waals surface area contributed by atoms with E-state index in [1.807, 2.05) is 49.4 Å². The van der Waals surface area contributed by atoms with Gasteiger partial charge in [-0.15, -0.1) is 6.58 Å². The molecule has 2 fully saturated rings. The number of ether oxygens (including phenoxy) is 1. The fourth-order valence-electron chi connectivity index (χ4n) is 4.87. The van der Waals surface area contributed by atoms with Crippen LogP contribution in [0.3, 0.4) is 0 Å². The number of hydrogen-bond donors (Lipinski definition) is 2. The summed E-state index contributed by atoms with van der Waals surface area (Å²) in [7, 11) is 0. The average molecular weight is 479 g/mol. The number of anilines is 1. The van der Waals surface area contributed by atoms with Crippen molar-refractivity contribution < 1.29 is 14.6 Å². The fraction of sp³-hybridized carbons (Fsp3) is 0.393. The topological polar surface area (TPSA) is 61.8 Å². The van der Waals surface area contributed by atoms with Crippen LogP contribution < -0.4 is 10.1 Å². The van der Waals surface area contributed by atoms with Gasteiger partial charge in [0, 0.05) is 17.3 Å². The predicted molar refractivity (Wildman–Crippen MR) is 141 cm³/mol. The number of thioether (sulfide) groups is 1. The summed E-state index contributed by atoms with van der Waals surface area (Å²) < 4.78 is 5.66. The number of nitrogens with zero attached hydrogens (tertiary/aromatic N) is 1. The summed E-state index contributed by atoms with van der Waals surface area (Å²) in [5.74, 6) is 1.10. The third kappa shape index (κ3) is 5.27. The van der Waals surface area contributed by atoms with E-state index in [9.17, 15) is 9.90 Å². The SMILES string of the molecule is C=CCc1cc(/C=C2\SC(Nc3ccccc3)N([C@H]3CCCC[C@H]3C)C2=O)cc(OCC)c1O. The summed E-state index contributed by atoms with van der Waals surface area (Å²) in [6.07, 6.45) is 8.76. The molecule has 4 rings (SSSR count). The highest BCUT2D eigenvalue weighted by Crippen LogP contribution is 2.43. The Morgan fingerprint density at radius 1 is 1.24 bits per heavy atom. The normalized spacial score (nSPS) is 23.8. The van der Waals surface area contributed by atoms with Crippen LogP contribution in [0.5, 0.6) is 11.5 Å². The molecule has 1 unspecified atom stereocenters. The predicted octanol–water partition coefficient (Wildman–Crippen LogP) is 6.41. The number of carbonyl (C=O) groups excluding carboxylic acids is 1. The Morgan fingerprint density at radius 3 is 2.71 bits per heavy atom. The van der Waals surface area contributed by atoms with Gasteiger partial charge in [-0.1, -0.05) is 55.8 Å². The highest BCUT2D eigenvalue weighted by molar-refractivity contribution is 8.05. The molecule has 2 aromatic rings. The molecule has 34 heavy (non-hydrogen) atoms. The maximum Gasteiger partial charge on any atom is 0.262 e. The summed E-state index contributed by atoms with van der Waals surface area (Å²) in [6, 6.07) is 14.0. The fourth-order valence-corrected chi connectivity index (χ4v) is 6.08. The lowest BCUT2D eigenvalue weighted by atomic mass is 9.85. The molecular formula is C28H34N2O3S. The zero-order valence-corrected chi connectivity index (χ0v) is 20.8. The van der Waals surface area contributed by atoms with E-state index >= 15 is 0 Å². The van der Waals surface area contributed by atoms with E-state index in [0.29, 0.717) is 29.6 Å². The number of para-hydroxylation sites is 1. The van der Waals surface area contributed by atoms with E-state index in [1.54, 1.807) is 23.9 Å². The molecule has 3 atom stereocenters. The summed E-state index contributed by atoms with van der Waals surface area (Å²) in [6.45, 7) is 8.39. The molecule has 2 N–H and O–H groups in total. The number of carbonyl (C=O) groups is 1. The van der Waals surface area contributed by atoms with Gasteiger partial charge in [-0.3, -0.25) is 4.79 Å². The van der Waals surface area contributed by atoms with Gasteiger partial charge in [-0.25, -0.2) is 0 Å². The molecule has 1 aliphatic carbocycles. The molecular weight excluding hydrogens is 444 g/mol. The van der Waals surface area contributed by atoms with Crippen LogP contribution in [0.1, 0.15) is 50.7 Å². The molecule has 0 spiro atoms. The van der Waals surface area contributed by atoms with Crippen molar-refractivity contribution in [3.8, 4) is 11.5 Å². The lowest BCUT2D eigenvalue weighted by Crippen LogP contribution is -2.48. The maximum absolute atomic E-state index is 13.7. The van der Waals surface area contributed by atoms with Crippen LogP contribution >= 0.6 is 11.8 Å². The molecule has 0 bridgehead atoms. The molecule has 2 aromatic carbocycles. The standard InChI is InChI=1S/C28H34N2O3S/c1-4-11-21-16-20(17-24(26(21)31)33-5-2)18-25-27(32)30(23-15-10-9-12-19(23)3)28(34-25)29-22-13-7-6-8-14-22/h4,6-8,13-14,16-19,23,28-29,31H,1,5,9-12,15H2,2-3H3/b25-18-/t19-,23+,28?/m1/s1. The van der Waals surface area contributed by atoms with Gasteiger partial charge in [0.1, 0.15) is 0 Å². The van der Waals surface area contributed by atoms with Gasteiger partial charge in [-0.2, -0.15) is 0 Å². The van der Waals surface area contributed by atoms with E-state index in [2.05, 4.69) is 23.7 Å². The molecule has 1 heterocycles. The minimum atomic E-state index is -0.164. The smallest absolute Gasteiger partial charge is 0.262 e. The summed E-state index contributed by atoms with van der Waals surface area (Å²) in [5, 5.41) is 14.1. The molecule has 1 aliphatic heterocycles. The summed E-state index contributed by atoms with van der Waals surface area (Å²) >= 11 is 1.56. The largest absolute Gasteiger partial charge is 0.504 e. The average Bonchev–Trinajstić information content (AvgIpc) is 3.12. The molecule has 6 heteroatoms.